The predicted molar refractivity (Wildman–Crippen MR) is 78.2 cm³/mol. The van der Waals surface area contributed by atoms with Crippen molar-refractivity contribution >= 4 is 23.8 Å². The molecule has 1 saturated heterocycles. The first-order valence-electron chi connectivity index (χ1n) is 6.70. The summed E-state index contributed by atoms with van der Waals surface area (Å²) in [6.07, 6.45) is 3.83. The average Bonchev–Trinajstić information content (AvgIpc) is 2.70. The molecule has 0 bridgehead atoms. The van der Waals surface area contributed by atoms with E-state index in [2.05, 4.69) is 5.32 Å². The summed E-state index contributed by atoms with van der Waals surface area (Å²) in [6, 6.07) is 6.62. The number of primary amides is 1. The topological polar surface area (TPSA) is 92.5 Å². The predicted octanol–water partition coefficient (Wildman–Crippen LogP) is 0.147. The van der Waals surface area contributed by atoms with Crippen molar-refractivity contribution in [3.8, 4) is 0 Å². The van der Waals surface area contributed by atoms with E-state index in [1.807, 2.05) is 0 Å². The zero-order chi connectivity index (χ0) is 15.2. The molecule has 2 rings (SSSR count). The fourth-order valence-electron chi connectivity index (χ4n) is 2.03. The standard InChI is InChI=1S/C15H17N3O3/c16-15(21)12-5-2-11(3-6-12)4-7-14(20)18-9-1-8-17-13(19)10-18/h2-7H,1,8-10H2,(H2,16,21)(H,17,19). The molecule has 1 aliphatic heterocycles. The molecule has 0 atom stereocenters. The molecule has 1 heterocycles. The van der Waals surface area contributed by atoms with E-state index in [9.17, 15) is 14.4 Å². The van der Waals surface area contributed by atoms with Crippen LogP contribution in [0, 0.1) is 0 Å². The van der Waals surface area contributed by atoms with Crippen LogP contribution in [0.1, 0.15) is 22.3 Å². The van der Waals surface area contributed by atoms with Crippen molar-refractivity contribution in [2.75, 3.05) is 19.6 Å². The van der Waals surface area contributed by atoms with E-state index in [0.717, 1.165) is 12.0 Å². The van der Waals surface area contributed by atoms with Gasteiger partial charge in [-0.05, 0) is 30.2 Å². The third-order valence-electron chi connectivity index (χ3n) is 3.19. The Kier molecular flexibility index (Phi) is 4.71. The van der Waals surface area contributed by atoms with Crippen LogP contribution >= 0.6 is 0 Å². The Labute approximate surface area is 122 Å². The Morgan fingerprint density at radius 3 is 2.62 bits per heavy atom. The van der Waals surface area contributed by atoms with Crippen LogP contribution in [-0.4, -0.2) is 42.3 Å². The molecule has 0 aliphatic carbocycles. The summed E-state index contributed by atoms with van der Waals surface area (Å²) in [5.74, 6) is -0.830. The number of benzene rings is 1. The molecule has 0 radical (unpaired) electrons. The highest BCUT2D eigenvalue weighted by molar-refractivity contribution is 5.95. The normalized spacial score (nSPS) is 15.6. The van der Waals surface area contributed by atoms with Crippen LogP contribution in [0.15, 0.2) is 30.3 Å². The zero-order valence-corrected chi connectivity index (χ0v) is 11.5. The first-order chi connectivity index (χ1) is 10.1. The maximum atomic E-state index is 12.0. The maximum absolute atomic E-state index is 12.0. The molecular weight excluding hydrogens is 270 g/mol. The second kappa shape index (κ2) is 6.69. The minimum absolute atomic E-state index is 0.0871. The second-order valence-electron chi connectivity index (χ2n) is 4.78. The molecule has 0 unspecified atom stereocenters. The van der Waals surface area contributed by atoms with Gasteiger partial charge in [-0.15, -0.1) is 0 Å². The van der Waals surface area contributed by atoms with Crippen LogP contribution in [0.5, 0.6) is 0 Å². The first-order valence-corrected chi connectivity index (χ1v) is 6.70. The SMILES string of the molecule is NC(=O)c1ccc(C=CC(=O)N2CCCNC(=O)C2)cc1. The lowest BCUT2D eigenvalue weighted by atomic mass is 10.1. The van der Waals surface area contributed by atoms with Crippen LogP contribution in [0.4, 0.5) is 0 Å². The van der Waals surface area contributed by atoms with Gasteiger partial charge in [0, 0.05) is 24.7 Å². The molecule has 0 spiro atoms. The summed E-state index contributed by atoms with van der Waals surface area (Å²) in [5.41, 5.74) is 6.36. The van der Waals surface area contributed by atoms with Gasteiger partial charge in [-0.1, -0.05) is 12.1 Å². The molecule has 3 N–H and O–H groups in total. The Morgan fingerprint density at radius 2 is 1.95 bits per heavy atom. The van der Waals surface area contributed by atoms with Gasteiger partial charge in [-0.2, -0.15) is 0 Å². The van der Waals surface area contributed by atoms with Crippen molar-refractivity contribution in [3.05, 3.63) is 41.5 Å². The number of nitrogens with two attached hydrogens (primary N) is 1. The van der Waals surface area contributed by atoms with Gasteiger partial charge in [-0.3, -0.25) is 14.4 Å². The van der Waals surface area contributed by atoms with Crippen LogP contribution in [-0.2, 0) is 9.59 Å². The summed E-state index contributed by atoms with van der Waals surface area (Å²) in [5, 5.41) is 2.72. The average molecular weight is 287 g/mol. The molecule has 3 amide bonds. The largest absolute Gasteiger partial charge is 0.366 e. The number of nitrogens with one attached hydrogen (secondary N) is 1. The van der Waals surface area contributed by atoms with E-state index in [0.29, 0.717) is 18.7 Å². The third-order valence-corrected chi connectivity index (χ3v) is 3.19. The highest BCUT2D eigenvalue weighted by Crippen LogP contribution is 2.07. The van der Waals surface area contributed by atoms with Gasteiger partial charge in [0.2, 0.25) is 17.7 Å². The van der Waals surface area contributed by atoms with E-state index >= 15 is 0 Å². The lowest BCUT2D eigenvalue weighted by molar-refractivity contribution is -0.131. The molecule has 6 heteroatoms. The van der Waals surface area contributed by atoms with Crippen molar-refractivity contribution < 1.29 is 14.4 Å². The Hall–Kier alpha value is -2.63. The summed E-state index contributed by atoms with van der Waals surface area (Å²) in [6.45, 7) is 1.24. The first kappa shape index (κ1) is 14.8. The van der Waals surface area contributed by atoms with E-state index < -0.39 is 5.91 Å². The highest BCUT2D eigenvalue weighted by atomic mass is 16.2. The number of nitrogens with zero attached hydrogens (tertiary/aromatic N) is 1. The molecule has 110 valence electrons. The number of rotatable bonds is 3. The molecule has 6 nitrogen and oxygen atoms in total. The lowest BCUT2D eigenvalue weighted by Gasteiger charge is -2.16. The molecule has 21 heavy (non-hydrogen) atoms. The van der Waals surface area contributed by atoms with Gasteiger partial charge in [0.05, 0.1) is 6.54 Å². The summed E-state index contributed by atoms with van der Waals surface area (Å²) in [7, 11) is 0. The Balaban J connectivity index is 2.00. The lowest BCUT2D eigenvalue weighted by Crippen LogP contribution is -2.36. The molecule has 1 fully saturated rings. The molecule has 1 aromatic rings. The molecule has 1 aromatic carbocycles. The summed E-state index contributed by atoms with van der Waals surface area (Å²) >= 11 is 0. The van der Waals surface area contributed by atoms with Gasteiger partial charge < -0.3 is 16.0 Å². The van der Waals surface area contributed by atoms with Crippen molar-refractivity contribution in [1.29, 1.82) is 0 Å². The fraction of sp³-hybridized carbons (Fsp3) is 0.267. The smallest absolute Gasteiger partial charge is 0.248 e. The molecule has 1 aliphatic rings. The Morgan fingerprint density at radius 1 is 1.24 bits per heavy atom. The van der Waals surface area contributed by atoms with E-state index in [4.69, 9.17) is 5.73 Å². The van der Waals surface area contributed by atoms with E-state index in [1.54, 1.807) is 30.3 Å². The molecule has 0 aromatic heterocycles. The van der Waals surface area contributed by atoms with Gasteiger partial charge in [-0.25, -0.2) is 0 Å². The minimum Gasteiger partial charge on any atom is -0.366 e. The quantitative estimate of drug-likeness (QED) is 0.775. The minimum atomic E-state index is -0.489. The van der Waals surface area contributed by atoms with Crippen molar-refractivity contribution in [1.82, 2.24) is 10.2 Å². The summed E-state index contributed by atoms with van der Waals surface area (Å²) < 4.78 is 0. The van der Waals surface area contributed by atoms with Gasteiger partial charge >= 0.3 is 0 Å². The molecular formula is C15H17N3O3. The third kappa shape index (κ3) is 4.17. The van der Waals surface area contributed by atoms with Gasteiger partial charge in [0.1, 0.15) is 0 Å². The fourth-order valence-corrected chi connectivity index (χ4v) is 2.03. The Bertz CT molecular complexity index is 578. The second-order valence-corrected chi connectivity index (χ2v) is 4.78. The van der Waals surface area contributed by atoms with Crippen LogP contribution in [0.2, 0.25) is 0 Å². The molecule has 0 saturated carbocycles. The van der Waals surface area contributed by atoms with Crippen molar-refractivity contribution in [3.63, 3.8) is 0 Å². The number of hydrogen-bond donors (Lipinski definition) is 2. The van der Waals surface area contributed by atoms with Gasteiger partial charge in [0.15, 0.2) is 0 Å². The number of amides is 3. The van der Waals surface area contributed by atoms with E-state index in [1.165, 1.54) is 11.0 Å². The number of carbonyl (C=O) groups is 3. The summed E-state index contributed by atoms with van der Waals surface area (Å²) in [4.78, 5) is 35.9. The maximum Gasteiger partial charge on any atom is 0.248 e. The monoisotopic (exact) mass is 287 g/mol. The van der Waals surface area contributed by atoms with Crippen LogP contribution < -0.4 is 11.1 Å². The highest BCUT2D eigenvalue weighted by Gasteiger charge is 2.17. The number of hydrogen-bond acceptors (Lipinski definition) is 3. The zero-order valence-electron chi connectivity index (χ0n) is 11.5. The van der Waals surface area contributed by atoms with Crippen LogP contribution in [0.25, 0.3) is 6.08 Å². The van der Waals surface area contributed by atoms with E-state index in [-0.39, 0.29) is 18.4 Å². The number of carbonyl (C=O) groups excluding carboxylic acids is 3. The van der Waals surface area contributed by atoms with Crippen molar-refractivity contribution in [2.24, 2.45) is 5.73 Å². The van der Waals surface area contributed by atoms with Gasteiger partial charge in [0.25, 0.3) is 0 Å². The van der Waals surface area contributed by atoms with Crippen molar-refractivity contribution in [2.45, 2.75) is 6.42 Å². The van der Waals surface area contributed by atoms with Crippen LogP contribution in [0.3, 0.4) is 0 Å².